The van der Waals surface area contributed by atoms with Gasteiger partial charge in [-0.3, -0.25) is 4.79 Å². The fourth-order valence-corrected chi connectivity index (χ4v) is 1.82. The van der Waals surface area contributed by atoms with Gasteiger partial charge in [-0.1, -0.05) is 11.3 Å². The van der Waals surface area contributed by atoms with Crippen molar-refractivity contribution in [2.24, 2.45) is 7.05 Å². The lowest BCUT2D eigenvalue weighted by Crippen LogP contribution is -1.88. The lowest BCUT2D eigenvalue weighted by Gasteiger charge is -1.97. The van der Waals surface area contributed by atoms with Crippen LogP contribution in [0.4, 0.5) is 0 Å². The quantitative estimate of drug-likeness (QED) is 0.628. The Balaban J connectivity index is 2.26. The minimum absolute atomic E-state index is 0.306. The normalized spacial score (nSPS) is 10.9. The van der Waals surface area contributed by atoms with E-state index in [-0.39, 0.29) is 0 Å². The summed E-state index contributed by atoms with van der Waals surface area (Å²) < 4.78 is 7.09. The molecule has 2 heterocycles. The number of hydrogen-bond donors (Lipinski definition) is 0. The van der Waals surface area contributed by atoms with E-state index < -0.39 is 0 Å². The summed E-state index contributed by atoms with van der Waals surface area (Å²) in [6.07, 6.45) is 0.681. The molecular formula is C12H9N3O2. The summed E-state index contributed by atoms with van der Waals surface area (Å²) in [7, 11) is 1.83. The van der Waals surface area contributed by atoms with Crippen LogP contribution in [0.15, 0.2) is 34.7 Å². The van der Waals surface area contributed by atoms with Gasteiger partial charge in [0.05, 0.1) is 5.52 Å². The SMILES string of the molecule is Cn1nnc2c(-c3ccc(C=O)o3)cccc21. The lowest BCUT2D eigenvalue weighted by molar-refractivity contribution is 0.110. The van der Waals surface area contributed by atoms with Gasteiger partial charge < -0.3 is 4.42 Å². The molecule has 1 aromatic carbocycles. The van der Waals surface area contributed by atoms with E-state index >= 15 is 0 Å². The van der Waals surface area contributed by atoms with Crippen molar-refractivity contribution in [1.29, 1.82) is 0 Å². The van der Waals surface area contributed by atoms with E-state index in [1.807, 2.05) is 25.2 Å². The van der Waals surface area contributed by atoms with Crippen molar-refractivity contribution in [2.75, 3.05) is 0 Å². The van der Waals surface area contributed by atoms with Crippen LogP contribution in [0, 0.1) is 0 Å². The highest BCUT2D eigenvalue weighted by atomic mass is 16.3. The Morgan fingerprint density at radius 3 is 2.94 bits per heavy atom. The van der Waals surface area contributed by atoms with E-state index in [9.17, 15) is 4.79 Å². The molecule has 0 saturated carbocycles. The van der Waals surface area contributed by atoms with Crippen LogP contribution in [0.5, 0.6) is 0 Å². The molecule has 0 N–H and O–H groups in total. The Morgan fingerprint density at radius 1 is 1.29 bits per heavy atom. The second-order valence-electron chi connectivity index (χ2n) is 3.71. The van der Waals surface area contributed by atoms with Crippen LogP contribution in [-0.2, 0) is 7.05 Å². The molecule has 0 fully saturated rings. The molecule has 0 atom stereocenters. The zero-order chi connectivity index (χ0) is 11.8. The fourth-order valence-electron chi connectivity index (χ4n) is 1.82. The van der Waals surface area contributed by atoms with Gasteiger partial charge in [-0.05, 0) is 24.3 Å². The van der Waals surface area contributed by atoms with Gasteiger partial charge in [0.15, 0.2) is 12.0 Å². The molecule has 3 aromatic rings. The van der Waals surface area contributed by atoms with Crippen LogP contribution < -0.4 is 0 Å². The van der Waals surface area contributed by atoms with Crippen molar-refractivity contribution in [3.05, 3.63) is 36.1 Å². The maximum absolute atomic E-state index is 10.6. The fraction of sp³-hybridized carbons (Fsp3) is 0.0833. The molecule has 5 heteroatoms. The predicted molar refractivity (Wildman–Crippen MR) is 61.6 cm³/mol. The number of nitrogens with zero attached hydrogens (tertiary/aromatic N) is 3. The summed E-state index contributed by atoms with van der Waals surface area (Å²) in [5, 5.41) is 8.06. The maximum atomic E-state index is 10.6. The number of carbonyl (C=O) groups is 1. The summed E-state index contributed by atoms with van der Waals surface area (Å²) in [5.74, 6) is 0.930. The van der Waals surface area contributed by atoms with Crippen molar-refractivity contribution in [3.63, 3.8) is 0 Å². The van der Waals surface area contributed by atoms with E-state index in [1.165, 1.54) is 0 Å². The highest BCUT2D eigenvalue weighted by molar-refractivity contribution is 5.90. The van der Waals surface area contributed by atoms with Crippen LogP contribution in [0.3, 0.4) is 0 Å². The van der Waals surface area contributed by atoms with Crippen molar-refractivity contribution in [1.82, 2.24) is 15.0 Å². The summed E-state index contributed by atoms with van der Waals surface area (Å²) in [6.45, 7) is 0. The lowest BCUT2D eigenvalue weighted by atomic mass is 10.1. The van der Waals surface area contributed by atoms with Crippen molar-refractivity contribution < 1.29 is 9.21 Å². The summed E-state index contributed by atoms with van der Waals surface area (Å²) >= 11 is 0. The molecule has 5 nitrogen and oxygen atoms in total. The van der Waals surface area contributed by atoms with E-state index in [1.54, 1.807) is 16.8 Å². The molecule has 0 unspecified atom stereocenters. The minimum Gasteiger partial charge on any atom is -0.453 e. The Labute approximate surface area is 96.7 Å². The van der Waals surface area contributed by atoms with Crippen molar-refractivity contribution in [3.8, 4) is 11.3 Å². The Kier molecular flexibility index (Phi) is 2.04. The molecule has 3 rings (SSSR count). The highest BCUT2D eigenvalue weighted by Crippen LogP contribution is 2.27. The monoisotopic (exact) mass is 227 g/mol. The predicted octanol–water partition coefficient (Wildman–Crippen LogP) is 2.04. The average molecular weight is 227 g/mol. The summed E-state index contributed by atoms with van der Waals surface area (Å²) in [5.41, 5.74) is 2.53. The first-order chi connectivity index (χ1) is 8.29. The van der Waals surface area contributed by atoms with Crippen LogP contribution in [0.2, 0.25) is 0 Å². The van der Waals surface area contributed by atoms with E-state index in [0.717, 1.165) is 16.6 Å². The highest BCUT2D eigenvalue weighted by Gasteiger charge is 2.11. The number of rotatable bonds is 2. The molecule has 0 aliphatic heterocycles. The number of carbonyl (C=O) groups excluding carboxylic acids is 1. The first-order valence-electron chi connectivity index (χ1n) is 5.13. The Morgan fingerprint density at radius 2 is 2.18 bits per heavy atom. The van der Waals surface area contributed by atoms with Crippen molar-refractivity contribution >= 4 is 17.3 Å². The third-order valence-electron chi connectivity index (χ3n) is 2.65. The molecule has 0 bridgehead atoms. The molecule has 0 aliphatic rings. The molecule has 0 saturated heterocycles. The number of hydrogen-bond acceptors (Lipinski definition) is 4. The van der Waals surface area contributed by atoms with Gasteiger partial charge in [0.25, 0.3) is 0 Å². The second kappa shape index (κ2) is 3.55. The smallest absolute Gasteiger partial charge is 0.185 e. The van der Waals surface area contributed by atoms with E-state index in [0.29, 0.717) is 17.8 Å². The molecule has 0 radical (unpaired) electrons. The van der Waals surface area contributed by atoms with Gasteiger partial charge >= 0.3 is 0 Å². The number of fused-ring (bicyclic) bond motifs is 1. The number of benzene rings is 1. The average Bonchev–Trinajstić information content (AvgIpc) is 2.96. The maximum Gasteiger partial charge on any atom is 0.185 e. The van der Waals surface area contributed by atoms with Gasteiger partial charge in [-0.15, -0.1) is 5.10 Å². The molecule has 0 aliphatic carbocycles. The molecular weight excluding hydrogens is 218 g/mol. The van der Waals surface area contributed by atoms with Gasteiger partial charge in [0.1, 0.15) is 11.3 Å². The van der Waals surface area contributed by atoms with Gasteiger partial charge in [-0.2, -0.15) is 0 Å². The van der Waals surface area contributed by atoms with Crippen molar-refractivity contribution in [2.45, 2.75) is 0 Å². The second-order valence-corrected chi connectivity index (χ2v) is 3.71. The Hall–Kier alpha value is -2.43. The van der Waals surface area contributed by atoms with Crippen LogP contribution >= 0.6 is 0 Å². The number of aryl methyl sites for hydroxylation is 1. The summed E-state index contributed by atoms with van der Waals surface area (Å²) in [6, 6.07) is 9.13. The largest absolute Gasteiger partial charge is 0.453 e. The molecule has 0 spiro atoms. The molecule has 84 valence electrons. The minimum atomic E-state index is 0.306. The zero-order valence-electron chi connectivity index (χ0n) is 9.12. The third-order valence-corrected chi connectivity index (χ3v) is 2.65. The summed E-state index contributed by atoms with van der Waals surface area (Å²) in [4.78, 5) is 10.6. The molecule has 17 heavy (non-hydrogen) atoms. The third kappa shape index (κ3) is 1.44. The van der Waals surface area contributed by atoms with Gasteiger partial charge in [0.2, 0.25) is 0 Å². The van der Waals surface area contributed by atoms with Crippen LogP contribution in [0.25, 0.3) is 22.4 Å². The first-order valence-corrected chi connectivity index (χ1v) is 5.13. The van der Waals surface area contributed by atoms with Crippen LogP contribution in [-0.4, -0.2) is 21.3 Å². The van der Waals surface area contributed by atoms with Crippen LogP contribution in [0.1, 0.15) is 10.6 Å². The van der Waals surface area contributed by atoms with Gasteiger partial charge in [-0.25, -0.2) is 4.68 Å². The van der Waals surface area contributed by atoms with E-state index in [4.69, 9.17) is 4.42 Å². The molecule has 2 aromatic heterocycles. The first kappa shape index (κ1) is 9.77. The zero-order valence-corrected chi connectivity index (χ0v) is 9.12. The number of furan rings is 1. The van der Waals surface area contributed by atoms with E-state index in [2.05, 4.69) is 10.3 Å². The van der Waals surface area contributed by atoms with Gasteiger partial charge in [0, 0.05) is 12.6 Å². The Bertz CT molecular complexity index is 697. The number of aldehydes is 1. The number of aromatic nitrogens is 3. The topological polar surface area (TPSA) is 60.9 Å². The standard InChI is InChI=1S/C12H9N3O2/c1-15-10-4-2-3-9(12(10)13-14-15)11-6-5-8(7-16)17-11/h2-7H,1H3. The molecule has 0 amide bonds.